The third kappa shape index (κ3) is 3.63. The first-order valence-corrected chi connectivity index (χ1v) is 4.75. The Morgan fingerprint density at radius 2 is 2.13 bits per heavy atom. The SMILES string of the molecule is COCCCN(C)c1ncc(C=O)cn1. The minimum Gasteiger partial charge on any atom is -0.385 e. The van der Waals surface area contributed by atoms with E-state index < -0.39 is 0 Å². The van der Waals surface area contributed by atoms with Crippen LogP contribution in [-0.4, -0.2) is 43.6 Å². The molecule has 82 valence electrons. The lowest BCUT2D eigenvalue weighted by Gasteiger charge is -2.16. The van der Waals surface area contributed by atoms with Crippen molar-refractivity contribution in [3.05, 3.63) is 18.0 Å². The normalized spacial score (nSPS) is 10.0. The molecule has 0 saturated heterocycles. The Bertz CT molecular complexity index is 300. The Labute approximate surface area is 89.1 Å². The standard InChI is InChI=1S/C10H15N3O2/c1-13(4-3-5-15-2)10-11-6-9(8-14)7-12-10/h6-8H,3-5H2,1-2H3. The molecule has 1 rings (SSSR count). The van der Waals surface area contributed by atoms with Crippen LogP contribution in [0.25, 0.3) is 0 Å². The van der Waals surface area contributed by atoms with Crippen molar-refractivity contribution in [2.24, 2.45) is 0 Å². The van der Waals surface area contributed by atoms with Gasteiger partial charge in [0.05, 0.1) is 5.56 Å². The Morgan fingerprint density at radius 3 is 2.67 bits per heavy atom. The second-order valence-corrected chi connectivity index (χ2v) is 3.20. The molecule has 0 N–H and O–H groups in total. The topological polar surface area (TPSA) is 55.3 Å². The maximum Gasteiger partial charge on any atom is 0.225 e. The van der Waals surface area contributed by atoms with Gasteiger partial charge in [0.15, 0.2) is 6.29 Å². The van der Waals surface area contributed by atoms with Gasteiger partial charge in [0.25, 0.3) is 0 Å². The lowest BCUT2D eigenvalue weighted by Crippen LogP contribution is -2.22. The van der Waals surface area contributed by atoms with E-state index in [1.54, 1.807) is 7.11 Å². The molecule has 0 aliphatic heterocycles. The molecule has 0 spiro atoms. The Balaban J connectivity index is 2.50. The molecule has 0 radical (unpaired) electrons. The number of nitrogens with zero attached hydrogens (tertiary/aromatic N) is 3. The summed E-state index contributed by atoms with van der Waals surface area (Å²) < 4.78 is 4.95. The van der Waals surface area contributed by atoms with E-state index >= 15 is 0 Å². The van der Waals surface area contributed by atoms with Gasteiger partial charge >= 0.3 is 0 Å². The molecule has 0 bridgehead atoms. The van der Waals surface area contributed by atoms with E-state index in [1.807, 2.05) is 11.9 Å². The molecule has 0 aliphatic rings. The summed E-state index contributed by atoms with van der Waals surface area (Å²) in [4.78, 5) is 20.5. The summed E-state index contributed by atoms with van der Waals surface area (Å²) in [5, 5.41) is 0. The first-order chi connectivity index (χ1) is 7.27. The maximum atomic E-state index is 10.4. The molecule has 5 nitrogen and oxygen atoms in total. The number of ether oxygens (including phenoxy) is 1. The highest BCUT2D eigenvalue weighted by Gasteiger charge is 2.03. The minimum atomic E-state index is 0.490. The second kappa shape index (κ2) is 6.08. The number of anilines is 1. The monoisotopic (exact) mass is 209 g/mol. The zero-order chi connectivity index (χ0) is 11.1. The first kappa shape index (κ1) is 11.6. The summed E-state index contributed by atoms with van der Waals surface area (Å²) in [5.74, 6) is 0.622. The number of aromatic nitrogens is 2. The van der Waals surface area contributed by atoms with Crippen molar-refractivity contribution in [2.45, 2.75) is 6.42 Å². The number of rotatable bonds is 6. The molecule has 5 heteroatoms. The number of hydrogen-bond donors (Lipinski definition) is 0. The second-order valence-electron chi connectivity index (χ2n) is 3.20. The molecule has 0 amide bonds. The van der Waals surface area contributed by atoms with Gasteiger partial charge in [0.2, 0.25) is 5.95 Å². The van der Waals surface area contributed by atoms with Crippen LogP contribution in [0.15, 0.2) is 12.4 Å². The van der Waals surface area contributed by atoms with Crippen LogP contribution in [0.5, 0.6) is 0 Å². The van der Waals surface area contributed by atoms with E-state index in [0.29, 0.717) is 11.5 Å². The number of carbonyl (C=O) groups excluding carboxylic acids is 1. The molecular formula is C10H15N3O2. The molecule has 0 unspecified atom stereocenters. The molecule has 1 aromatic heterocycles. The maximum absolute atomic E-state index is 10.4. The smallest absolute Gasteiger partial charge is 0.225 e. The highest BCUT2D eigenvalue weighted by Crippen LogP contribution is 2.04. The number of hydrogen-bond acceptors (Lipinski definition) is 5. The molecule has 0 aromatic carbocycles. The average molecular weight is 209 g/mol. The zero-order valence-electron chi connectivity index (χ0n) is 9.01. The predicted octanol–water partition coefficient (Wildman–Crippen LogP) is 0.762. The van der Waals surface area contributed by atoms with Gasteiger partial charge in [-0.25, -0.2) is 9.97 Å². The van der Waals surface area contributed by atoms with E-state index in [0.717, 1.165) is 25.9 Å². The highest BCUT2D eigenvalue weighted by atomic mass is 16.5. The summed E-state index contributed by atoms with van der Waals surface area (Å²) in [6.45, 7) is 1.55. The van der Waals surface area contributed by atoms with Crippen molar-refractivity contribution in [1.29, 1.82) is 0 Å². The number of methoxy groups -OCH3 is 1. The van der Waals surface area contributed by atoms with Crippen LogP contribution in [0.2, 0.25) is 0 Å². The van der Waals surface area contributed by atoms with Crippen LogP contribution < -0.4 is 4.90 Å². The van der Waals surface area contributed by atoms with Crippen molar-refractivity contribution < 1.29 is 9.53 Å². The summed E-state index contributed by atoms with van der Waals surface area (Å²) in [6, 6.07) is 0. The van der Waals surface area contributed by atoms with Crippen molar-refractivity contribution in [3.8, 4) is 0 Å². The fraction of sp³-hybridized carbons (Fsp3) is 0.500. The molecule has 0 fully saturated rings. The Morgan fingerprint density at radius 1 is 1.47 bits per heavy atom. The molecule has 15 heavy (non-hydrogen) atoms. The molecule has 1 aromatic rings. The fourth-order valence-electron chi connectivity index (χ4n) is 1.14. The molecule has 1 heterocycles. The summed E-state index contributed by atoms with van der Waals surface area (Å²) in [6.07, 6.45) is 4.69. The lowest BCUT2D eigenvalue weighted by molar-refractivity contribution is 0.112. The third-order valence-electron chi connectivity index (χ3n) is 1.98. The van der Waals surface area contributed by atoms with Gasteiger partial charge in [0, 0.05) is 39.7 Å². The Kier molecular flexibility index (Phi) is 4.70. The van der Waals surface area contributed by atoms with Gasteiger partial charge in [-0.15, -0.1) is 0 Å². The molecule has 0 aliphatic carbocycles. The van der Waals surface area contributed by atoms with Gasteiger partial charge in [-0.2, -0.15) is 0 Å². The van der Waals surface area contributed by atoms with Crippen LogP contribution in [0.4, 0.5) is 5.95 Å². The quantitative estimate of drug-likeness (QED) is 0.511. The molecular weight excluding hydrogens is 194 g/mol. The Hall–Kier alpha value is -1.49. The van der Waals surface area contributed by atoms with Crippen LogP contribution >= 0.6 is 0 Å². The first-order valence-electron chi connectivity index (χ1n) is 4.75. The summed E-state index contributed by atoms with van der Waals surface area (Å²) >= 11 is 0. The van der Waals surface area contributed by atoms with Crippen LogP contribution in [0.3, 0.4) is 0 Å². The van der Waals surface area contributed by atoms with E-state index in [9.17, 15) is 4.79 Å². The number of aldehydes is 1. The van der Waals surface area contributed by atoms with Crippen LogP contribution in [-0.2, 0) is 4.74 Å². The molecule has 0 atom stereocenters. The zero-order valence-corrected chi connectivity index (χ0v) is 9.01. The van der Waals surface area contributed by atoms with Crippen LogP contribution in [0.1, 0.15) is 16.8 Å². The number of carbonyl (C=O) groups is 1. The highest BCUT2D eigenvalue weighted by molar-refractivity contribution is 5.73. The van der Waals surface area contributed by atoms with Crippen molar-refractivity contribution in [3.63, 3.8) is 0 Å². The summed E-state index contributed by atoms with van der Waals surface area (Å²) in [5.41, 5.74) is 0.490. The van der Waals surface area contributed by atoms with Crippen LogP contribution in [0, 0.1) is 0 Å². The lowest BCUT2D eigenvalue weighted by atomic mass is 10.4. The van der Waals surface area contributed by atoms with Crippen molar-refractivity contribution in [2.75, 3.05) is 32.2 Å². The molecule has 0 saturated carbocycles. The van der Waals surface area contributed by atoms with Crippen molar-refractivity contribution >= 4 is 12.2 Å². The van der Waals surface area contributed by atoms with Gasteiger partial charge in [-0.05, 0) is 6.42 Å². The van der Waals surface area contributed by atoms with Gasteiger partial charge in [-0.3, -0.25) is 4.79 Å². The van der Waals surface area contributed by atoms with E-state index in [4.69, 9.17) is 4.74 Å². The fourth-order valence-corrected chi connectivity index (χ4v) is 1.14. The summed E-state index contributed by atoms with van der Waals surface area (Å²) in [7, 11) is 3.58. The van der Waals surface area contributed by atoms with E-state index in [-0.39, 0.29) is 0 Å². The average Bonchev–Trinajstić information content (AvgIpc) is 2.29. The van der Waals surface area contributed by atoms with Gasteiger partial charge in [-0.1, -0.05) is 0 Å². The third-order valence-corrected chi connectivity index (χ3v) is 1.98. The van der Waals surface area contributed by atoms with Crippen molar-refractivity contribution in [1.82, 2.24) is 9.97 Å². The largest absolute Gasteiger partial charge is 0.385 e. The van der Waals surface area contributed by atoms with E-state index in [2.05, 4.69) is 9.97 Å². The predicted molar refractivity (Wildman–Crippen MR) is 57.2 cm³/mol. The van der Waals surface area contributed by atoms with E-state index in [1.165, 1.54) is 12.4 Å². The van der Waals surface area contributed by atoms with Gasteiger partial charge in [0.1, 0.15) is 0 Å². The van der Waals surface area contributed by atoms with Gasteiger partial charge < -0.3 is 9.64 Å². The minimum absolute atomic E-state index is 0.490.